The molecule has 6 nitrogen and oxygen atoms in total. The Balaban J connectivity index is 1.60. The molecule has 186 valence electrons. The lowest BCUT2D eigenvalue weighted by Gasteiger charge is -2.30. The maximum absolute atomic E-state index is 14.4. The second kappa shape index (κ2) is 11.6. The molecule has 0 atom stereocenters. The van der Waals surface area contributed by atoms with Gasteiger partial charge in [0.15, 0.2) is 23.0 Å². The lowest BCUT2D eigenvalue weighted by Crippen LogP contribution is -2.36. The molecule has 3 aromatic carbocycles. The van der Waals surface area contributed by atoms with Gasteiger partial charge in [-0.15, -0.1) is 0 Å². The fourth-order valence-electron chi connectivity index (χ4n) is 4.12. The number of fused-ring (bicyclic) bond motifs is 1. The standard InChI is InChI=1S/C26H20Cl2FIN2O4/c27-19-8-6-17(25(34)31-11-10-23(33)36-30)14-18(19)15-7-9-22-16(13-15)3-2-12-32(22)26(35)24-20(28)4-1-5-21(24)29/h1,4-9,13-14H,2-3,10-12H2,(H,31,34). The van der Waals surface area contributed by atoms with Crippen LogP contribution in [0.4, 0.5) is 10.1 Å². The van der Waals surface area contributed by atoms with Gasteiger partial charge in [-0.3, -0.25) is 14.4 Å². The van der Waals surface area contributed by atoms with Crippen molar-refractivity contribution in [3.8, 4) is 11.1 Å². The first kappa shape index (κ1) is 26.4. The van der Waals surface area contributed by atoms with Crippen molar-refractivity contribution in [1.82, 2.24) is 5.32 Å². The summed E-state index contributed by atoms with van der Waals surface area (Å²) in [6, 6.07) is 14.6. The Morgan fingerprint density at radius 2 is 1.86 bits per heavy atom. The number of carbonyl (C=O) groups excluding carboxylic acids is 3. The molecule has 0 aliphatic carbocycles. The smallest absolute Gasteiger partial charge is 0.316 e. The van der Waals surface area contributed by atoms with Crippen molar-refractivity contribution >= 4 is 69.7 Å². The summed E-state index contributed by atoms with van der Waals surface area (Å²) in [4.78, 5) is 38.5. The van der Waals surface area contributed by atoms with E-state index in [-0.39, 0.29) is 29.5 Å². The molecule has 1 aliphatic rings. The number of aryl methyl sites for hydroxylation is 1. The van der Waals surface area contributed by atoms with Gasteiger partial charge in [0.1, 0.15) is 5.82 Å². The van der Waals surface area contributed by atoms with Crippen LogP contribution in [0.1, 0.15) is 39.1 Å². The van der Waals surface area contributed by atoms with Gasteiger partial charge in [-0.05, 0) is 66.4 Å². The number of amides is 2. The summed E-state index contributed by atoms with van der Waals surface area (Å²) >= 11 is 14.1. The molecule has 0 radical (unpaired) electrons. The van der Waals surface area contributed by atoms with Crippen LogP contribution in [0.2, 0.25) is 10.0 Å². The second-order valence-corrected chi connectivity index (χ2v) is 9.40. The predicted molar refractivity (Wildman–Crippen MR) is 145 cm³/mol. The summed E-state index contributed by atoms with van der Waals surface area (Å²) in [7, 11) is 0. The van der Waals surface area contributed by atoms with Gasteiger partial charge in [0.05, 0.1) is 17.0 Å². The predicted octanol–water partition coefficient (Wildman–Crippen LogP) is 6.41. The van der Waals surface area contributed by atoms with Crippen molar-refractivity contribution in [3.05, 3.63) is 87.2 Å². The van der Waals surface area contributed by atoms with Crippen LogP contribution in [0, 0.1) is 5.82 Å². The summed E-state index contributed by atoms with van der Waals surface area (Å²) in [5, 5.41) is 3.21. The number of nitrogens with one attached hydrogen (secondary N) is 1. The number of hydrogen-bond donors (Lipinski definition) is 1. The van der Waals surface area contributed by atoms with E-state index in [1.54, 1.807) is 29.2 Å². The Kier molecular flexibility index (Phi) is 8.48. The van der Waals surface area contributed by atoms with Gasteiger partial charge in [-0.1, -0.05) is 35.3 Å². The summed E-state index contributed by atoms with van der Waals surface area (Å²) in [6.07, 6.45) is 1.49. The Labute approximate surface area is 231 Å². The van der Waals surface area contributed by atoms with Crippen molar-refractivity contribution < 1.29 is 21.8 Å². The lowest BCUT2D eigenvalue weighted by atomic mass is 9.94. The average molecular weight is 641 g/mol. The molecule has 4 rings (SSSR count). The van der Waals surface area contributed by atoms with Gasteiger partial charge in [-0.2, -0.15) is 0 Å². The first-order valence-corrected chi connectivity index (χ1v) is 12.7. The summed E-state index contributed by atoms with van der Waals surface area (Å²) in [5.41, 5.74) is 3.26. The first-order chi connectivity index (χ1) is 17.3. The van der Waals surface area contributed by atoms with Gasteiger partial charge < -0.3 is 13.3 Å². The van der Waals surface area contributed by atoms with Crippen molar-refractivity contribution in [1.29, 1.82) is 0 Å². The van der Waals surface area contributed by atoms with Crippen molar-refractivity contribution in [2.24, 2.45) is 0 Å². The maximum Gasteiger partial charge on any atom is 0.316 e. The Morgan fingerprint density at radius 1 is 1.06 bits per heavy atom. The zero-order valence-electron chi connectivity index (χ0n) is 18.8. The van der Waals surface area contributed by atoms with E-state index in [0.29, 0.717) is 34.8 Å². The second-order valence-electron chi connectivity index (χ2n) is 8.15. The molecule has 0 fully saturated rings. The highest BCUT2D eigenvalue weighted by molar-refractivity contribution is 14.1. The molecule has 1 N–H and O–H groups in total. The highest BCUT2D eigenvalue weighted by Crippen LogP contribution is 2.36. The zero-order chi connectivity index (χ0) is 25.8. The lowest BCUT2D eigenvalue weighted by molar-refractivity contribution is -0.131. The Bertz CT molecular complexity index is 1330. The highest BCUT2D eigenvalue weighted by Gasteiger charge is 2.27. The van der Waals surface area contributed by atoms with E-state index in [2.05, 4.69) is 8.38 Å². The normalized spacial score (nSPS) is 12.6. The highest BCUT2D eigenvalue weighted by atomic mass is 127. The van der Waals surface area contributed by atoms with E-state index < -0.39 is 17.7 Å². The van der Waals surface area contributed by atoms with Crippen LogP contribution in [-0.2, 0) is 14.3 Å². The van der Waals surface area contributed by atoms with Crippen LogP contribution in [0.3, 0.4) is 0 Å². The van der Waals surface area contributed by atoms with Crippen molar-refractivity contribution in [3.63, 3.8) is 0 Å². The molecule has 0 spiro atoms. The molecule has 0 aromatic heterocycles. The molecule has 2 amide bonds. The number of carbonyl (C=O) groups is 3. The van der Waals surface area contributed by atoms with Crippen molar-refractivity contribution in [2.75, 3.05) is 18.0 Å². The van der Waals surface area contributed by atoms with Gasteiger partial charge in [0.25, 0.3) is 11.8 Å². The topological polar surface area (TPSA) is 75.7 Å². The molecule has 1 aliphatic heterocycles. The molecule has 3 aromatic rings. The van der Waals surface area contributed by atoms with Gasteiger partial charge >= 0.3 is 5.97 Å². The van der Waals surface area contributed by atoms with Crippen LogP contribution in [0.25, 0.3) is 11.1 Å². The first-order valence-electron chi connectivity index (χ1n) is 11.1. The molecule has 36 heavy (non-hydrogen) atoms. The van der Waals surface area contributed by atoms with Crippen LogP contribution in [-0.4, -0.2) is 30.9 Å². The van der Waals surface area contributed by atoms with Crippen LogP contribution in [0.5, 0.6) is 0 Å². The third-order valence-electron chi connectivity index (χ3n) is 5.86. The summed E-state index contributed by atoms with van der Waals surface area (Å²) < 4.78 is 18.9. The van der Waals surface area contributed by atoms with Gasteiger partial charge in [0, 0.05) is 34.9 Å². The van der Waals surface area contributed by atoms with E-state index in [9.17, 15) is 18.8 Å². The minimum atomic E-state index is -0.663. The number of hydrogen-bond acceptors (Lipinski definition) is 4. The molecular weight excluding hydrogens is 621 g/mol. The van der Waals surface area contributed by atoms with Gasteiger partial charge in [0.2, 0.25) is 0 Å². The van der Waals surface area contributed by atoms with E-state index in [1.807, 2.05) is 12.1 Å². The third-order valence-corrected chi connectivity index (χ3v) is 7.00. The number of anilines is 1. The Morgan fingerprint density at radius 3 is 2.61 bits per heavy atom. The fourth-order valence-corrected chi connectivity index (χ4v) is 4.81. The van der Waals surface area contributed by atoms with Crippen LogP contribution in [0.15, 0.2) is 54.6 Å². The van der Waals surface area contributed by atoms with E-state index in [1.165, 1.54) is 41.2 Å². The molecule has 10 heteroatoms. The quantitative estimate of drug-likeness (QED) is 0.316. The SMILES string of the molecule is O=C(CCNC(=O)c1ccc(Cl)c(-c2ccc3c(c2)CCCN3C(=O)c2c(F)cccc2Cl)c1)OI. The largest absolute Gasteiger partial charge is 0.394 e. The minimum absolute atomic E-state index is 0.0628. The van der Waals surface area contributed by atoms with Gasteiger partial charge in [-0.25, -0.2) is 4.39 Å². The number of benzene rings is 3. The van der Waals surface area contributed by atoms with E-state index >= 15 is 0 Å². The third kappa shape index (κ3) is 5.66. The van der Waals surface area contributed by atoms with Crippen LogP contribution < -0.4 is 10.2 Å². The number of nitrogens with zero attached hydrogens (tertiary/aromatic N) is 1. The number of halogens is 4. The van der Waals surface area contributed by atoms with E-state index in [0.717, 1.165) is 17.5 Å². The molecule has 0 unspecified atom stereocenters. The fraction of sp³-hybridized carbons (Fsp3) is 0.192. The zero-order valence-corrected chi connectivity index (χ0v) is 22.5. The molecule has 0 saturated heterocycles. The minimum Gasteiger partial charge on any atom is -0.394 e. The van der Waals surface area contributed by atoms with Crippen LogP contribution >= 0.6 is 46.2 Å². The molecule has 0 bridgehead atoms. The Hall–Kier alpha value is -2.69. The number of rotatable bonds is 6. The summed E-state index contributed by atoms with van der Waals surface area (Å²) in [6.45, 7) is 0.588. The van der Waals surface area contributed by atoms with E-state index in [4.69, 9.17) is 23.2 Å². The average Bonchev–Trinajstić information content (AvgIpc) is 2.87. The summed E-state index contributed by atoms with van der Waals surface area (Å²) in [5.74, 6) is -1.92. The monoisotopic (exact) mass is 640 g/mol. The molecule has 1 heterocycles. The van der Waals surface area contributed by atoms with Crippen molar-refractivity contribution in [2.45, 2.75) is 19.3 Å². The molecule has 0 saturated carbocycles. The molecular formula is C26H20Cl2FIN2O4. The maximum atomic E-state index is 14.4.